The predicted molar refractivity (Wildman–Crippen MR) is 77.2 cm³/mol. The maximum atomic E-state index is 11.7. The van der Waals surface area contributed by atoms with Crippen LogP contribution >= 0.6 is 23.4 Å². The minimum absolute atomic E-state index is 0.153. The molecule has 0 saturated carbocycles. The second kappa shape index (κ2) is 8.24. The van der Waals surface area contributed by atoms with Gasteiger partial charge >= 0.3 is 0 Å². The number of halogens is 1. The molecule has 0 bridgehead atoms. The molecule has 0 fully saturated rings. The van der Waals surface area contributed by atoms with Gasteiger partial charge in [0, 0.05) is 24.5 Å². The number of carbonyl (C=O) groups excluding carboxylic acids is 1. The normalized spacial score (nSPS) is 10.3. The van der Waals surface area contributed by atoms with Gasteiger partial charge in [-0.05, 0) is 30.4 Å². The van der Waals surface area contributed by atoms with Gasteiger partial charge in [0.25, 0.3) is 5.91 Å². The molecule has 4 N–H and O–H groups in total. The summed E-state index contributed by atoms with van der Waals surface area (Å²) < 4.78 is 0. The van der Waals surface area contributed by atoms with Crippen LogP contribution in [0.3, 0.4) is 0 Å². The molecule has 6 heteroatoms. The Morgan fingerprint density at radius 3 is 2.89 bits per heavy atom. The molecule has 1 rings (SSSR count). The summed E-state index contributed by atoms with van der Waals surface area (Å²) in [6.07, 6.45) is 0.784. The van der Waals surface area contributed by atoms with Gasteiger partial charge in [-0.15, -0.1) is 0 Å². The lowest BCUT2D eigenvalue weighted by Crippen LogP contribution is -2.25. The lowest BCUT2D eigenvalue weighted by molar-refractivity contribution is 0.0956. The number of anilines is 1. The molecule has 0 unspecified atom stereocenters. The number of nitrogens with two attached hydrogens (primary N) is 1. The molecule has 4 nitrogen and oxygen atoms in total. The first kappa shape index (κ1) is 15.1. The molecule has 0 saturated heterocycles. The molecule has 0 aliphatic carbocycles. The van der Waals surface area contributed by atoms with Crippen molar-refractivity contribution in [2.75, 3.05) is 30.4 Å². The minimum atomic E-state index is -0.153. The number of aliphatic hydroxyl groups is 1. The Hall–Kier alpha value is -0.910. The van der Waals surface area contributed by atoms with Crippen molar-refractivity contribution in [3.63, 3.8) is 0 Å². The highest BCUT2D eigenvalue weighted by Crippen LogP contribution is 2.19. The van der Waals surface area contributed by atoms with Crippen LogP contribution in [0.25, 0.3) is 0 Å². The van der Waals surface area contributed by atoms with E-state index in [2.05, 4.69) is 5.32 Å². The van der Waals surface area contributed by atoms with Crippen LogP contribution in [0.5, 0.6) is 0 Å². The molecule has 0 heterocycles. The molecule has 1 aromatic rings. The zero-order valence-electron chi connectivity index (χ0n) is 9.99. The van der Waals surface area contributed by atoms with E-state index in [1.165, 1.54) is 0 Å². The van der Waals surface area contributed by atoms with Crippen molar-refractivity contribution in [3.05, 3.63) is 28.8 Å². The summed E-state index contributed by atoms with van der Waals surface area (Å²) in [4.78, 5) is 11.7. The van der Waals surface area contributed by atoms with E-state index in [-0.39, 0.29) is 12.5 Å². The number of benzene rings is 1. The summed E-state index contributed by atoms with van der Waals surface area (Å²) in [5.41, 5.74) is 6.54. The van der Waals surface area contributed by atoms with Crippen LogP contribution in [0.1, 0.15) is 16.8 Å². The first-order valence-corrected chi connectivity index (χ1v) is 7.20. The van der Waals surface area contributed by atoms with Crippen LogP contribution < -0.4 is 11.1 Å². The highest BCUT2D eigenvalue weighted by Gasteiger charge is 2.06. The van der Waals surface area contributed by atoms with Gasteiger partial charge in [0.1, 0.15) is 0 Å². The lowest BCUT2D eigenvalue weighted by Gasteiger charge is -2.06. The van der Waals surface area contributed by atoms with E-state index in [0.717, 1.165) is 17.9 Å². The van der Waals surface area contributed by atoms with Crippen LogP contribution in [0.4, 0.5) is 5.69 Å². The molecule has 0 aromatic heterocycles. The van der Waals surface area contributed by atoms with Gasteiger partial charge in [-0.2, -0.15) is 11.8 Å². The maximum absolute atomic E-state index is 11.7. The predicted octanol–water partition coefficient (Wildman–Crippen LogP) is 1.77. The molecule has 100 valence electrons. The smallest absolute Gasteiger partial charge is 0.251 e. The van der Waals surface area contributed by atoms with Crippen molar-refractivity contribution < 1.29 is 9.90 Å². The summed E-state index contributed by atoms with van der Waals surface area (Å²) in [6, 6.07) is 4.83. The third-order valence-electron chi connectivity index (χ3n) is 2.24. The molecular weight excluding hydrogens is 272 g/mol. The standard InChI is InChI=1S/C12H17ClN2O2S/c13-10-8-9(2-3-11(10)14)12(17)15-4-7-18-6-1-5-16/h2-3,8,16H,1,4-7,14H2,(H,15,17). The van der Waals surface area contributed by atoms with E-state index in [1.54, 1.807) is 30.0 Å². The number of amides is 1. The summed E-state index contributed by atoms with van der Waals surface area (Å²) in [7, 11) is 0. The van der Waals surface area contributed by atoms with Crippen molar-refractivity contribution in [2.24, 2.45) is 0 Å². The number of nitrogen functional groups attached to an aromatic ring is 1. The Balaban J connectivity index is 2.30. The number of carbonyl (C=O) groups is 1. The quantitative estimate of drug-likeness (QED) is 0.528. The zero-order valence-corrected chi connectivity index (χ0v) is 11.6. The largest absolute Gasteiger partial charge is 0.398 e. The van der Waals surface area contributed by atoms with E-state index in [0.29, 0.717) is 22.8 Å². The average Bonchev–Trinajstić information content (AvgIpc) is 2.36. The zero-order chi connectivity index (χ0) is 13.4. The first-order valence-electron chi connectivity index (χ1n) is 5.67. The van der Waals surface area contributed by atoms with Crippen LogP contribution in [0.15, 0.2) is 18.2 Å². The number of rotatable bonds is 7. The monoisotopic (exact) mass is 288 g/mol. The molecule has 0 spiro atoms. The fourth-order valence-electron chi connectivity index (χ4n) is 1.28. The Morgan fingerprint density at radius 2 is 2.22 bits per heavy atom. The van der Waals surface area contributed by atoms with Crippen LogP contribution in [-0.2, 0) is 0 Å². The maximum Gasteiger partial charge on any atom is 0.251 e. The highest BCUT2D eigenvalue weighted by atomic mass is 35.5. The van der Waals surface area contributed by atoms with Gasteiger partial charge in [-0.3, -0.25) is 4.79 Å². The van der Waals surface area contributed by atoms with Crippen molar-refractivity contribution in [3.8, 4) is 0 Å². The number of thioether (sulfide) groups is 1. The average molecular weight is 289 g/mol. The number of hydrogen-bond donors (Lipinski definition) is 3. The molecule has 1 aromatic carbocycles. The van der Waals surface area contributed by atoms with Crippen molar-refractivity contribution in [2.45, 2.75) is 6.42 Å². The second-order valence-electron chi connectivity index (χ2n) is 3.68. The topological polar surface area (TPSA) is 75.4 Å². The molecule has 1 amide bonds. The van der Waals surface area contributed by atoms with Crippen molar-refractivity contribution >= 4 is 35.0 Å². The number of aliphatic hydroxyl groups excluding tert-OH is 1. The molecule has 0 aliphatic heterocycles. The lowest BCUT2D eigenvalue weighted by atomic mass is 10.2. The van der Waals surface area contributed by atoms with Crippen LogP contribution in [0.2, 0.25) is 5.02 Å². The Kier molecular flexibility index (Phi) is 6.93. The third-order valence-corrected chi connectivity index (χ3v) is 3.64. The van der Waals surface area contributed by atoms with Gasteiger partial charge in [0.2, 0.25) is 0 Å². The number of nitrogens with one attached hydrogen (secondary N) is 1. The van der Waals surface area contributed by atoms with Gasteiger partial charge in [-0.25, -0.2) is 0 Å². The molecule has 0 atom stereocenters. The molecule has 0 radical (unpaired) electrons. The van der Waals surface area contributed by atoms with E-state index < -0.39 is 0 Å². The van der Waals surface area contributed by atoms with E-state index in [4.69, 9.17) is 22.4 Å². The van der Waals surface area contributed by atoms with Crippen LogP contribution in [-0.4, -0.2) is 35.7 Å². The first-order chi connectivity index (χ1) is 8.65. The summed E-state index contributed by atoms with van der Waals surface area (Å²) in [5.74, 6) is 1.58. The summed E-state index contributed by atoms with van der Waals surface area (Å²) >= 11 is 7.54. The molecular formula is C12H17ClN2O2S. The van der Waals surface area contributed by atoms with Crippen molar-refractivity contribution in [1.82, 2.24) is 5.32 Å². The van der Waals surface area contributed by atoms with E-state index in [9.17, 15) is 4.79 Å². The van der Waals surface area contributed by atoms with Crippen molar-refractivity contribution in [1.29, 1.82) is 0 Å². The Morgan fingerprint density at radius 1 is 1.44 bits per heavy atom. The van der Waals surface area contributed by atoms with Gasteiger partial charge in [0.15, 0.2) is 0 Å². The minimum Gasteiger partial charge on any atom is -0.398 e. The summed E-state index contributed by atoms with van der Waals surface area (Å²) in [5, 5.41) is 11.8. The van der Waals surface area contributed by atoms with Gasteiger partial charge in [-0.1, -0.05) is 11.6 Å². The van der Waals surface area contributed by atoms with Gasteiger partial charge in [0.05, 0.1) is 10.7 Å². The summed E-state index contributed by atoms with van der Waals surface area (Å²) in [6.45, 7) is 0.806. The van der Waals surface area contributed by atoms with Crippen LogP contribution in [0, 0.1) is 0 Å². The van der Waals surface area contributed by atoms with Gasteiger partial charge < -0.3 is 16.2 Å². The molecule has 0 aliphatic rings. The molecule has 18 heavy (non-hydrogen) atoms. The highest BCUT2D eigenvalue weighted by molar-refractivity contribution is 7.99. The Labute approximate surface area is 116 Å². The fraction of sp³-hybridized carbons (Fsp3) is 0.417. The number of hydrogen-bond acceptors (Lipinski definition) is 4. The second-order valence-corrected chi connectivity index (χ2v) is 5.31. The SMILES string of the molecule is Nc1ccc(C(=O)NCCSCCCO)cc1Cl. The third kappa shape index (κ3) is 5.16. The fourth-order valence-corrected chi connectivity index (χ4v) is 2.24. The Bertz CT molecular complexity index is 402. The van der Waals surface area contributed by atoms with E-state index >= 15 is 0 Å². The van der Waals surface area contributed by atoms with E-state index in [1.807, 2.05) is 0 Å².